The highest BCUT2D eigenvalue weighted by Gasteiger charge is 2.27. The molecule has 1 aliphatic rings. The van der Waals surface area contributed by atoms with Crippen molar-refractivity contribution in [3.63, 3.8) is 0 Å². The standard InChI is InChI=1S/C12H16O4/c1-4-15-10-7-8(3)6-9(13)11(10)12(14)16-5-2/h6H,4-5,7H2,1-3H3. The molecule has 88 valence electrons. The number of ether oxygens (including phenoxy) is 2. The van der Waals surface area contributed by atoms with Crippen molar-refractivity contribution in [3.05, 3.63) is 23.0 Å². The average molecular weight is 224 g/mol. The molecule has 0 saturated heterocycles. The minimum atomic E-state index is -0.597. The van der Waals surface area contributed by atoms with Gasteiger partial charge in [0, 0.05) is 6.42 Å². The number of allylic oxidation sites excluding steroid dienone is 2. The Morgan fingerprint density at radius 1 is 1.38 bits per heavy atom. The van der Waals surface area contributed by atoms with E-state index in [1.165, 1.54) is 6.08 Å². The van der Waals surface area contributed by atoms with Crippen LogP contribution in [0.25, 0.3) is 0 Å². The van der Waals surface area contributed by atoms with Crippen molar-refractivity contribution in [3.8, 4) is 0 Å². The van der Waals surface area contributed by atoms with E-state index in [1.807, 2.05) is 13.8 Å². The van der Waals surface area contributed by atoms with Gasteiger partial charge in [0.25, 0.3) is 0 Å². The van der Waals surface area contributed by atoms with Crippen molar-refractivity contribution in [2.45, 2.75) is 27.2 Å². The van der Waals surface area contributed by atoms with Crippen molar-refractivity contribution in [2.75, 3.05) is 13.2 Å². The van der Waals surface area contributed by atoms with Crippen molar-refractivity contribution < 1.29 is 19.1 Å². The monoisotopic (exact) mass is 224 g/mol. The first-order chi connectivity index (χ1) is 7.60. The number of carbonyl (C=O) groups excluding carboxylic acids is 2. The van der Waals surface area contributed by atoms with E-state index in [0.717, 1.165) is 5.57 Å². The lowest BCUT2D eigenvalue weighted by molar-refractivity contribution is -0.140. The normalized spacial score (nSPS) is 15.9. The minimum Gasteiger partial charge on any atom is -0.497 e. The molecule has 1 aliphatic carbocycles. The van der Waals surface area contributed by atoms with Gasteiger partial charge in [0.1, 0.15) is 11.3 Å². The maximum atomic E-state index is 11.7. The minimum absolute atomic E-state index is 0.0364. The SMILES string of the molecule is CCOC(=O)C1=C(OCC)CC(C)=CC1=O. The van der Waals surface area contributed by atoms with Crippen molar-refractivity contribution in [2.24, 2.45) is 0 Å². The second-order valence-corrected chi connectivity index (χ2v) is 3.48. The number of esters is 1. The molecule has 0 N–H and O–H groups in total. The van der Waals surface area contributed by atoms with Crippen molar-refractivity contribution in [1.29, 1.82) is 0 Å². The summed E-state index contributed by atoms with van der Waals surface area (Å²) in [5, 5.41) is 0. The molecule has 0 aromatic carbocycles. The first-order valence-electron chi connectivity index (χ1n) is 5.34. The highest BCUT2D eigenvalue weighted by atomic mass is 16.5. The fourth-order valence-electron chi connectivity index (χ4n) is 1.54. The molecule has 0 spiro atoms. The van der Waals surface area contributed by atoms with E-state index >= 15 is 0 Å². The number of ketones is 1. The first kappa shape index (κ1) is 12.5. The summed E-state index contributed by atoms with van der Waals surface area (Å²) in [6, 6.07) is 0. The fourth-order valence-corrected chi connectivity index (χ4v) is 1.54. The zero-order valence-corrected chi connectivity index (χ0v) is 9.83. The van der Waals surface area contributed by atoms with Gasteiger partial charge in [-0.2, -0.15) is 0 Å². The van der Waals surface area contributed by atoms with Gasteiger partial charge in [0.15, 0.2) is 5.78 Å². The van der Waals surface area contributed by atoms with Crippen LogP contribution in [-0.4, -0.2) is 25.0 Å². The zero-order valence-electron chi connectivity index (χ0n) is 9.83. The second kappa shape index (κ2) is 5.49. The Morgan fingerprint density at radius 3 is 2.62 bits per heavy atom. The van der Waals surface area contributed by atoms with Gasteiger partial charge in [-0.1, -0.05) is 5.57 Å². The van der Waals surface area contributed by atoms with Crippen LogP contribution in [0.3, 0.4) is 0 Å². The summed E-state index contributed by atoms with van der Waals surface area (Å²) < 4.78 is 10.2. The highest BCUT2D eigenvalue weighted by Crippen LogP contribution is 2.24. The lowest BCUT2D eigenvalue weighted by Gasteiger charge is -2.17. The number of rotatable bonds is 4. The molecule has 0 aliphatic heterocycles. The Balaban J connectivity index is 3.00. The van der Waals surface area contributed by atoms with Gasteiger partial charge in [-0.05, 0) is 26.8 Å². The van der Waals surface area contributed by atoms with Crippen LogP contribution in [0.1, 0.15) is 27.2 Å². The maximum Gasteiger partial charge on any atom is 0.345 e. The maximum absolute atomic E-state index is 11.7. The Hall–Kier alpha value is -1.58. The van der Waals surface area contributed by atoms with Gasteiger partial charge < -0.3 is 9.47 Å². The summed E-state index contributed by atoms with van der Waals surface area (Å²) in [7, 11) is 0. The van der Waals surface area contributed by atoms with E-state index < -0.39 is 5.97 Å². The molecular weight excluding hydrogens is 208 g/mol. The quantitative estimate of drug-likeness (QED) is 0.539. The third-order valence-electron chi connectivity index (χ3n) is 2.14. The Morgan fingerprint density at radius 2 is 2.06 bits per heavy atom. The number of hydrogen-bond donors (Lipinski definition) is 0. The summed E-state index contributed by atoms with van der Waals surface area (Å²) in [5.74, 6) is -0.503. The van der Waals surface area contributed by atoms with Gasteiger partial charge >= 0.3 is 5.97 Å². The molecule has 0 aromatic rings. The van der Waals surface area contributed by atoms with Crippen LogP contribution in [0.15, 0.2) is 23.0 Å². The number of carbonyl (C=O) groups is 2. The lowest BCUT2D eigenvalue weighted by Crippen LogP contribution is -2.21. The van der Waals surface area contributed by atoms with Gasteiger partial charge in [0.2, 0.25) is 0 Å². The molecule has 0 unspecified atom stereocenters. The van der Waals surface area contributed by atoms with Gasteiger partial charge in [-0.3, -0.25) is 4.79 Å². The van der Waals surface area contributed by atoms with Gasteiger partial charge in [-0.15, -0.1) is 0 Å². The van der Waals surface area contributed by atoms with E-state index in [2.05, 4.69) is 0 Å². The molecule has 0 fully saturated rings. The van der Waals surface area contributed by atoms with E-state index in [1.54, 1.807) is 6.92 Å². The molecule has 0 atom stereocenters. The summed E-state index contributed by atoms with van der Waals surface area (Å²) >= 11 is 0. The predicted octanol–water partition coefficient (Wildman–Crippen LogP) is 1.76. The molecule has 0 amide bonds. The van der Waals surface area contributed by atoms with Crippen molar-refractivity contribution >= 4 is 11.8 Å². The molecule has 0 radical (unpaired) electrons. The van der Waals surface area contributed by atoms with Crippen LogP contribution >= 0.6 is 0 Å². The first-order valence-corrected chi connectivity index (χ1v) is 5.34. The largest absolute Gasteiger partial charge is 0.497 e. The summed E-state index contributed by atoms with van der Waals surface area (Å²) in [6.07, 6.45) is 1.95. The molecule has 4 nitrogen and oxygen atoms in total. The van der Waals surface area contributed by atoms with Crippen LogP contribution < -0.4 is 0 Å². The van der Waals surface area contributed by atoms with Crippen LogP contribution in [0, 0.1) is 0 Å². The molecule has 0 aromatic heterocycles. The van der Waals surface area contributed by atoms with E-state index in [-0.39, 0.29) is 18.0 Å². The third kappa shape index (κ3) is 2.72. The molecule has 16 heavy (non-hydrogen) atoms. The molecular formula is C12H16O4. The summed E-state index contributed by atoms with van der Waals surface area (Å²) in [6.45, 7) is 6.02. The van der Waals surface area contributed by atoms with E-state index in [4.69, 9.17) is 9.47 Å². The smallest absolute Gasteiger partial charge is 0.345 e. The van der Waals surface area contributed by atoms with Gasteiger partial charge in [-0.25, -0.2) is 4.79 Å². The fraction of sp³-hybridized carbons (Fsp3) is 0.500. The molecule has 1 rings (SSSR count). The molecule has 0 bridgehead atoms. The Kier molecular flexibility index (Phi) is 4.28. The third-order valence-corrected chi connectivity index (χ3v) is 2.14. The summed E-state index contributed by atoms with van der Waals surface area (Å²) in [5.41, 5.74) is 0.927. The van der Waals surface area contributed by atoms with Crippen LogP contribution in [0.2, 0.25) is 0 Å². The lowest BCUT2D eigenvalue weighted by atomic mass is 9.97. The topological polar surface area (TPSA) is 52.6 Å². The highest BCUT2D eigenvalue weighted by molar-refractivity contribution is 6.22. The van der Waals surface area contributed by atoms with E-state index in [9.17, 15) is 9.59 Å². The van der Waals surface area contributed by atoms with E-state index in [0.29, 0.717) is 18.8 Å². The molecule has 0 saturated carbocycles. The Labute approximate surface area is 94.9 Å². The summed E-state index contributed by atoms with van der Waals surface area (Å²) in [4.78, 5) is 23.3. The van der Waals surface area contributed by atoms with Crippen LogP contribution in [0.5, 0.6) is 0 Å². The second-order valence-electron chi connectivity index (χ2n) is 3.48. The van der Waals surface area contributed by atoms with Crippen LogP contribution in [-0.2, 0) is 19.1 Å². The molecule has 4 heteroatoms. The Bertz CT molecular complexity index is 363. The van der Waals surface area contributed by atoms with Crippen molar-refractivity contribution in [1.82, 2.24) is 0 Å². The zero-order chi connectivity index (χ0) is 12.1. The van der Waals surface area contributed by atoms with Gasteiger partial charge in [0.05, 0.1) is 13.2 Å². The average Bonchev–Trinajstić information content (AvgIpc) is 2.17. The number of hydrogen-bond acceptors (Lipinski definition) is 4. The predicted molar refractivity (Wildman–Crippen MR) is 58.7 cm³/mol. The van der Waals surface area contributed by atoms with Crippen LogP contribution in [0.4, 0.5) is 0 Å². The molecule has 0 heterocycles.